The predicted molar refractivity (Wildman–Crippen MR) is 40.8 cm³/mol. The fourth-order valence-electron chi connectivity index (χ4n) is 0.796. The van der Waals surface area contributed by atoms with Gasteiger partial charge in [-0.1, -0.05) is 0 Å². The summed E-state index contributed by atoms with van der Waals surface area (Å²) in [5, 5.41) is 7.34. The van der Waals surface area contributed by atoms with Crippen LogP contribution in [-0.4, -0.2) is 23.9 Å². The third kappa shape index (κ3) is 2.25. The maximum absolute atomic E-state index is 5.71. The minimum absolute atomic E-state index is 0.101. The summed E-state index contributed by atoms with van der Waals surface area (Å²) in [7, 11) is 1.62. The first-order valence-electron chi connectivity index (χ1n) is 3.35. The van der Waals surface area contributed by atoms with Gasteiger partial charge in [0.15, 0.2) is 0 Å². The van der Waals surface area contributed by atoms with Crippen LogP contribution in [0.1, 0.15) is 11.6 Å². The molecule has 0 bridgehead atoms. The molecule has 0 spiro atoms. The molecular formula is C7H11N3O. The molecule has 4 heteroatoms. The van der Waals surface area contributed by atoms with Gasteiger partial charge in [-0.25, -0.2) is 0 Å². The van der Waals surface area contributed by atoms with Gasteiger partial charge in [0, 0.05) is 13.3 Å². The highest BCUT2D eigenvalue weighted by Gasteiger charge is 2.03. The van der Waals surface area contributed by atoms with Crippen LogP contribution in [-0.2, 0) is 4.74 Å². The average Bonchev–Trinajstić information content (AvgIpc) is 2.07. The van der Waals surface area contributed by atoms with E-state index in [2.05, 4.69) is 10.2 Å². The number of rotatable bonds is 3. The van der Waals surface area contributed by atoms with Crippen LogP contribution in [0.2, 0.25) is 0 Å². The Hall–Kier alpha value is -1.00. The van der Waals surface area contributed by atoms with Gasteiger partial charge < -0.3 is 10.5 Å². The lowest BCUT2D eigenvalue weighted by molar-refractivity contribution is 0.180. The second-order valence-electron chi connectivity index (χ2n) is 2.24. The van der Waals surface area contributed by atoms with Gasteiger partial charge in [0.05, 0.1) is 18.8 Å². The highest BCUT2D eigenvalue weighted by Crippen LogP contribution is 2.05. The van der Waals surface area contributed by atoms with Crippen molar-refractivity contribution in [2.45, 2.75) is 6.04 Å². The largest absolute Gasteiger partial charge is 0.383 e. The van der Waals surface area contributed by atoms with Crippen molar-refractivity contribution in [3.63, 3.8) is 0 Å². The van der Waals surface area contributed by atoms with E-state index >= 15 is 0 Å². The highest BCUT2D eigenvalue weighted by molar-refractivity contribution is 5.10. The number of nitrogens with zero attached hydrogens (tertiary/aromatic N) is 2. The van der Waals surface area contributed by atoms with Crippen molar-refractivity contribution in [2.24, 2.45) is 5.73 Å². The fraction of sp³-hybridized carbons (Fsp3) is 0.429. The van der Waals surface area contributed by atoms with Gasteiger partial charge in [-0.3, -0.25) is 0 Å². The topological polar surface area (TPSA) is 61.0 Å². The van der Waals surface area contributed by atoms with Crippen LogP contribution in [0, 0.1) is 0 Å². The summed E-state index contributed by atoms with van der Waals surface area (Å²) in [5.74, 6) is 0. The summed E-state index contributed by atoms with van der Waals surface area (Å²) in [4.78, 5) is 0. The van der Waals surface area contributed by atoms with Gasteiger partial charge >= 0.3 is 0 Å². The third-order valence-electron chi connectivity index (χ3n) is 1.38. The van der Waals surface area contributed by atoms with Crippen molar-refractivity contribution in [3.05, 3.63) is 24.0 Å². The minimum atomic E-state index is -0.101. The molecule has 1 heterocycles. The Morgan fingerprint density at radius 2 is 2.45 bits per heavy atom. The van der Waals surface area contributed by atoms with Crippen molar-refractivity contribution in [2.75, 3.05) is 13.7 Å². The van der Waals surface area contributed by atoms with Crippen molar-refractivity contribution in [1.82, 2.24) is 10.2 Å². The molecule has 0 aliphatic carbocycles. The van der Waals surface area contributed by atoms with Gasteiger partial charge in [-0.15, -0.1) is 0 Å². The Bertz CT molecular complexity index is 202. The van der Waals surface area contributed by atoms with Crippen LogP contribution in [0.5, 0.6) is 0 Å². The molecule has 0 fully saturated rings. The predicted octanol–water partition coefficient (Wildman–Crippen LogP) is 0.123. The lowest BCUT2D eigenvalue weighted by Crippen LogP contribution is -2.16. The molecular weight excluding hydrogens is 142 g/mol. The summed E-state index contributed by atoms with van der Waals surface area (Å²) in [6, 6.07) is 1.73. The molecule has 60 valence electrons. The van der Waals surface area contributed by atoms with Crippen LogP contribution >= 0.6 is 0 Å². The molecule has 0 saturated carbocycles. The highest BCUT2D eigenvalue weighted by atomic mass is 16.5. The Kier molecular flexibility index (Phi) is 2.95. The molecule has 1 aromatic heterocycles. The van der Waals surface area contributed by atoms with Gasteiger partial charge in [-0.2, -0.15) is 10.2 Å². The second-order valence-corrected chi connectivity index (χ2v) is 2.24. The van der Waals surface area contributed by atoms with E-state index in [1.54, 1.807) is 19.5 Å². The smallest absolute Gasteiger partial charge is 0.0656 e. The van der Waals surface area contributed by atoms with Gasteiger partial charge in [0.25, 0.3) is 0 Å². The number of methoxy groups -OCH3 is 1. The maximum atomic E-state index is 5.71. The van der Waals surface area contributed by atoms with E-state index in [-0.39, 0.29) is 6.04 Å². The monoisotopic (exact) mass is 153 g/mol. The lowest BCUT2D eigenvalue weighted by atomic mass is 10.2. The summed E-state index contributed by atoms with van der Waals surface area (Å²) < 4.78 is 4.88. The molecule has 1 aromatic rings. The van der Waals surface area contributed by atoms with Crippen molar-refractivity contribution < 1.29 is 4.74 Å². The van der Waals surface area contributed by atoms with E-state index in [4.69, 9.17) is 10.5 Å². The van der Waals surface area contributed by atoms with Crippen LogP contribution in [0.25, 0.3) is 0 Å². The molecule has 0 aliphatic rings. The summed E-state index contributed by atoms with van der Waals surface area (Å²) >= 11 is 0. The Labute approximate surface area is 65.4 Å². The summed E-state index contributed by atoms with van der Waals surface area (Å²) in [6.45, 7) is 0.506. The molecule has 0 amide bonds. The Morgan fingerprint density at radius 3 is 3.00 bits per heavy atom. The number of hydrogen-bond acceptors (Lipinski definition) is 4. The van der Waals surface area contributed by atoms with Crippen LogP contribution in [0.4, 0.5) is 0 Å². The summed E-state index contributed by atoms with van der Waals surface area (Å²) in [6.07, 6.45) is 3.26. The average molecular weight is 153 g/mol. The maximum Gasteiger partial charge on any atom is 0.0656 e. The number of nitrogens with two attached hydrogens (primary N) is 1. The molecule has 0 aromatic carbocycles. The zero-order valence-corrected chi connectivity index (χ0v) is 6.40. The molecule has 11 heavy (non-hydrogen) atoms. The SMILES string of the molecule is COCC(N)c1ccnnc1. The molecule has 0 saturated heterocycles. The zero-order valence-electron chi connectivity index (χ0n) is 6.40. The molecule has 0 radical (unpaired) electrons. The first kappa shape index (κ1) is 8.10. The first-order valence-corrected chi connectivity index (χ1v) is 3.35. The van der Waals surface area contributed by atoms with Crippen molar-refractivity contribution >= 4 is 0 Å². The second kappa shape index (κ2) is 4.00. The first-order chi connectivity index (χ1) is 5.34. The molecule has 0 aliphatic heterocycles. The number of ether oxygens (including phenoxy) is 1. The van der Waals surface area contributed by atoms with E-state index in [1.807, 2.05) is 6.07 Å². The summed E-state index contributed by atoms with van der Waals surface area (Å²) in [5.41, 5.74) is 6.66. The van der Waals surface area contributed by atoms with E-state index in [0.29, 0.717) is 6.61 Å². The van der Waals surface area contributed by atoms with E-state index in [1.165, 1.54) is 0 Å². The Balaban J connectivity index is 2.61. The van der Waals surface area contributed by atoms with Gasteiger partial charge in [0.2, 0.25) is 0 Å². The van der Waals surface area contributed by atoms with Crippen molar-refractivity contribution in [1.29, 1.82) is 0 Å². The third-order valence-corrected chi connectivity index (χ3v) is 1.38. The lowest BCUT2D eigenvalue weighted by Gasteiger charge is -2.08. The van der Waals surface area contributed by atoms with Crippen LogP contribution in [0.3, 0.4) is 0 Å². The van der Waals surface area contributed by atoms with Crippen molar-refractivity contribution in [3.8, 4) is 0 Å². The van der Waals surface area contributed by atoms with Gasteiger partial charge in [-0.05, 0) is 11.6 Å². The fourth-order valence-corrected chi connectivity index (χ4v) is 0.796. The molecule has 2 N–H and O–H groups in total. The van der Waals surface area contributed by atoms with E-state index < -0.39 is 0 Å². The number of hydrogen-bond donors (Lipinski definition) is 1. The standard InChI is InChI=1S/C7H11N3O/c1-11-5-7(8)6-2-3-9-10-4-6/h2-4,7H,5,8H2,1H3. The Morgan fingerprint density at radius 1 is 1.64 bits per heavy atom. The van der Waals surface area contributed by atoms with E-state index in [0.717, 1.165) is 5.56 Å². The molecule has 4 nitrogen and oxygen atoms in total. The quantitative estimate of drug-likeness (QED) is 0.670. The van der Waals surface area contributed by atoms with Crippen LogP contribution < -0.4 is 5.73 Å². The molecule has 1 unspecified atom stereocenters. The number of aromatic nitrogens is 2. The minimum Gasteiger partial charge on any atom is -0.383 e. The molecule has 1 rings (SSSR count). The molecule has 1 atom stereocenters. The van der Waals surface area contributed by atoms with E-state index in [9.17, 15) is 0 Å². The zero-order chi connectivity index (χ0) is 8.10. The van der Waals surface area contributed by atoms with Crippen LogP contribution in [0.15, 0.2) is 18.5 Å². The normalized spacial score (nSPS) is 12.9. The van der Waals surface area contributed by atoms with Gasteiger partial charge in [0.1, 0.15) is 0 Å².